The molecular weight excluding hydrogens is 296 g/mol. The summed E-state index contributed by atoms with van der Waals surface area (Å²) >= 11 is 5.32. The van der Waals surface area contributed by atoms with Crippen LogP contribution in [0.5, 0.6) is 0 Å². The van der Waals surface area contributed by atoms with E-state index in [0.717, 1.165) is 4.47 Å². The van der Waals surface area contributed by atoms with Crippen molar-refractivity contribution in [2.45, 2.75) is 10.1 Å². The van der Waals surface area contributed by atoms with Crippen molar-refractivity contribution in [1.29, 1.82) is 0 Å². The fraction of sp³-hybridized carbons (Fsp3) is 0.154. The predicted molar refractivity (Wildman–Crippen MR) is 76.0 cm³/mol. The molecule has 0 saturated heterocycles. The van der Waals surface area contributed by atoms with E-state index in [2.05, 4.69) is 27.0 Å². The third kappa shape index (κ3) is 3.31. The number of hydrogen-bond acceptors (Lipinski definition) is 3. The summed E-state index contributed by atoms with van der Waals surface area (Å²) in [5.74, 6) is 0. The van der Waals surface area contributed by atoms with Gasteiger partial charge in [0.05, 0.1) is 0 Å². The number of hydrogen-bond donors (Lipinski definition) is 1. The third-order valence-electron chi connectivity index (χ3n) is 2.40. The van der Waals surface area contributed by atoms with Gasteiger partial charge in [0.2, 0.25) is 0 Å². The van der Waals surface area contributed by atoms with Crippen LogP contribution in [0.4, 0.5) is 0 Å². The van der Waals surface area contributed by atoms with Crippen LogP contribution in [-0.2, 0) is 0 Å². The van der Waals surface area contributed by atoms with Gasteiger partial charge in [0.15, 0.2) is 0 Å². The van der Waals surface area contributed by atoms with E-state index >= 15 is 0 Å². The van der Waals surface area contributed by atoms with E-state index in [9.17, 15) is 0 Å². The maximum atomic E-state index is 5.85. The number of benzene rings is 1. The van der Waals surface area contributed by atoms with E-state index in [1.165, 1.54) is 10.5 Å². The summed E-state index contributed by atoms with van der Waals surface area (Å²) in [6.45, 7) is 0.607. The van der Waals surface area contributed by atoms with Gasteiger partial charge in [-0.15, -0.1) is 11.8 Å². The maximum Gasteiger partial charge on any atom is 0.0468 e. The van der Waals surface area contributed by atoms with E-state index < -0.39 is 0 Å². The third-order valence-corrected chi connectivity index (χ3v) is 4.71. The van der Waals surface area contributed by atoms with Crippen molar-refractivity contribution in [2.75, 3.05) is 6.54 Å². The zero-order chi connectivity index (χ0) is 12.1. The molecule has 1 aromatic heterocycles. The first-order valence-corrected chi connectivity index (χ1v) is 6.99. The first-order chi connectivity index (χ1) is 8.31. The number of rotatable bonds is 4. The minimum absolute atomic E-state index is 0.261. The zero-order valence-corrected chi connectivity index (χ0v) is 11.6. The highest BCUT2D eigenvalue weighted by Gasteiger charge is 2.12. The van der Waals surface area contributed by atoms with Crippen LogP contribution in [0.3, 0.4) is 0 Å². The number of nitrogens with two attached hydrogens (primary N) is 1. The fourth-order valence-electron chi connectivity index (χ4n) is 1.52. The fourth-order valence-corrected chi connectivity index (χ4v) is 3.12. The Morgan fingerprint density at radius 2 is 1.88 bits per heavy atom. The zero-order valence-electron chi connectivity index (χ0n) is 9.21. The number of pyridine rings is 1. The lowest BCUT2D eigenvalue weighted by Crippen LogP contribution is -2.09. The number of aromatic nitrogens is 1. The van der Waals surface area contributed by atoms with Crippen LogP contribution in [0.15, 0.2) is 58.2 Å². The van der Waals surface area contributed by atoms with E-state index in [0.29, 0.717) is 6.54 Å². The lowest BCUT2D eigenvalue weighted by molar-refractivity contribution is 0.936. The lowest BCUT2D eigenvalue weighted by Gasteiger charge is -2.15. The SMILES string of the molecule is NCC(Sc1ccccc1Br)c1ccncc1. The second-order valence-corrected chi connectivity index (χ2v) is 5.65. The van der Waals surface area contributed by atoms with Crippen molar-refractivity contribution in [3.63, 3.8) is 0 Å². The van der Waals surface area contributed by atoms with Crippen LogP contribution >= 0.6 is 27.7 Å². The molecule has 2 nitrogen and oxygen atoms in total. The first-order valence-electron chi connectivity index (χ1n) is 5.32. The quantitative estimate of drug-likeness (QED) is 0.877. The monoisotopic (exact) mass is 308 g/mol. The molecule has 0 radical (unpaired) electrons. The molecule has 0 aliphatic heterocycles. The summed E-state index contributed by atoms with van der Waals surface area (Å²) in [5.41, 5.74) is 7.06. The Morgan fingerprint density at radius 1 is 1.18 bits per heavy atom. The second-order valence-electron chi connectivity index (χ2n) is 3.55. The summed E-state index contributed by atoms with van der Waals surface area (Å²) in [6, 6.07) is 12.2. The minimum atomic E-state index is 0.261. The largest absolute Gasteiger partial charge is 0.329 e. The van der Waals surface area contributed by atoms with E-state index in [4.69, 9.17) is 5.73 Å². The summed E-state index contributed by atoms with van der Waals surface area (Å²) in [7, 11) is 0. The average molecular weight is 309 g/mol. The molecule has 0 saturated carbocycles. The van der Waals surface area contributed by atoms with Gasteiger partial charge in [-0.3, -0.25) is 4.98 Å². The van der Waals surface area contributed by atoms with Crippen LogP contribution in [-0.4, -0.2) is 11.5 Å². The van der Waals surface area contributed by atoms with Crippen molar-refractivity contribution in [2.24, 2.45) is 5.73 Å². The van der Waals surface area contributed by atoms with Crippen molar-refractivity contribution in [1.82, 2.24) is 4.98 Å². The molecule has 0 amide bonds. The molecule has 0 aliphatic carbocycles. The molecule has 1 aromatic carbocycles. The van der Waals surface area contributed by atoms with Crippen LogP contribution in [0.25, 0.3) is 0 Å². The van der Waals surface area contributed by atoms with Crippen molar-refractivity contribution >= 4 is 27.7 Å². The Bertz CT molecular complexity index is 476. The van der Waals surface area contributed by atoms with Gasteiger partial charge in [-0.25, -0.2) is 0 Å². The van der Waals surface area contributed by atoms with E-state index in [1.807, 2.05) is 30.3 Å². The molecule has 2 N–H and O–H groups in total. The van der Waals surface area contributed by atoms with E-state index in [-0.39, 0.29) is 5.25 Å². The molecule has 1 unspecified atom stereocenters. The number of nitrogens with zero attached hydrogens (tertiary/aromatic N) is 1. The molecule has 1 atom stereocenters. The van der Waals surface area contributed by atoms with Gasteiger partial charge in [0.1, 0.15) is 0 Å². The average Bonchev–Trinajstić information content (AvgIpc) is 2.39. The Balaban J connectivity index is 2.19. The smallest absolute Gasteiger partial charge is 0.0468 e. The van der Waals surface area contributed by atoms with Gasteiger partial charge >= 0.3 is 0 Å². The van der Waals surface area contributed by atoms with Gasteiger partial charge < -0.3 is 5.73 Å². The predicted octanol–water partition coefficient (Wildman–Crippen LogP) is 3.64. The van der Waals surface area contributed by atoms with Gasteiger partial charge in [-0.2, -0.15) is 0 Å². The highest BCUT2D eigenvalue weighted by molar-refractivity contribution is 9.10. The lowest BCUT2D eigenvalue weighted by atomic mass is 10.2. The molecule has 0 fully saturated rings. The minimum Gasteiger partial charge on any atom is -0.329 e. The number of thioether (sulfide) groups is 1. The molecule has 88 valence electrons. The van der Waals surface area contributed by atoms with Crippen molar-refractivity contribution in [3.05, 3.63) is 58.8 Å². The van der Waals surface area contributed by atoms with Crippen LogP contribution in [0.1, 0.15) is 10.8 Å². The molecule has 0 spiro atoms. The maximum absolute atomic E-state index is 5.85. The second kappa shape index (κ2) is 6.19. The Morgan fingerprint density at radius 3 is 2.53 bits per heavy atom. The van der Waals surface area contributed by atoms with Crippen LogP contribution < -0.4 is 5.73 Å². The molecule has 0 aliphatic rings. The van der Waals surface area contributed by atoms with Crippen LogP contribution in [0.2, 0.25) is 0 Å². The molecule has 4 heteroatoms. The summed E-state index contributed by atoms with van der Waals surface area (Å²) in [4.78, 5) is 5.24. The molecule has 1 heterocycles. The highest BCUT2D eigenvalue weighted by Crippen LogP contribution is 2.37. The summed E-state index contributed by atoms with van der Waals surface area (Å²) < 4.78 is 1.11. The Labute approximate surface area is 114 Å². The summed E-state index contributed by atoms with van der Waals surface area (Å²) in [6.07, 6.45) is 3.61. The highest BCUT2D eigenvalue weighted by atomic mass is 79.9. The molecular formula is C13H13BrN2S. The Kier molecular flexibility index (Phi) is 4.59. The van der Waals surface area contributed by atoms with Crippen molar-refractivity contribution in [3.8, 4) is 0 Å². The normalized spacial score (nSPS) is 12.4. The molecule has 17 heavy (non-hydrogen) atoms. The standard InChI is InChI=1S/C13H13BrN2S/c14-11-3-1-2-4-12(11)17-13(9-15)10-5-7-16-8-6-10/h1-8,13H,9,15H2. The first kappa shape index (κ1) is 12.6. The van der Waals surface area contributed by atoms with Gasteiger partial charge in [-0.1, -0.05) is 12.1 Å². The summed E-state index contributed by atoms with van der Waals surface area (Å²) in [5, 5.41) is 0.261. The van der Waals surface area contributed by atoms with Gasteiger partial charge in [0.25, 0.3) is 0 Å². The molecule has 0 bridgehead atoms. The molecule has 2 rings (SSSR count). The van der Waals surface area contributed by atoms with Gasteiger partial charge in [-0.05, 0) is 45.8 Å². The topological polar surface area (TPSA) is 38.9 Å². The van der Waals surface area contributed by atoms with Crippen LogP contribution in [0, 0.1) is 0 Å². The van der Waals surface area contributed by atoms with Crippen molar-refractivity contribution < 1.29 is 0 Å². The Hall–Kier alpha value is -0.840. The number of halogens is 1. The van der Waals surface area contributed by atoms with E-state index in [1.54, 1.807) is 24.2 Å². The van der Waals surface area contributed by atoms with Gasteiger partial charge in [0, 0.05) is 33.6 Å². The molecule has 2 aromatic rings.